The summed E-state index contributed by atoms with van der Waals surface area (Å²) in [6.07, 6.45) is 2.58. The standard InChI is InChI=1S/C36H33ClN4O3/c1-23-16-18-40(32(35(38)43)22-26-9-4-8-25-7-2-3-13-30(25)26)36(44)34(28-10-5-12-29(37)21-28)41(23)33(42)20-24-14-15-31-27(19-24)11-6-17-39-31/h2-15,17,19,21,23,32,34H,16,18,20,22H2,1H3,(H2,38,43)/t23-,32?,34+/m1/s1. The summed E-state index contributed by atoms with van der Waals surface area (Å²) in [7, 11) is 0. The van der Waals surface area contributed by atoms with Crippen molar-refractivity contribution in [1.82, 2.24) is 14.8 Å². The molecule has 0 aliphatic carbocycles. The van der Waals surface area contributed by atoms with E-state index in [0.29, 0.717) is 17.0 Å². The van der Waals surface area contributed by atoms with Crippen molar-refractivity contribution < 1.29 is 14.4 Å². The highest BCUT2D eigenvalue weighted by molar-refractivity contribution is 6.30. The lowest BCUT2D eigenvalue weighted by Crippen LogP contribution is -2.52. The van der Waals surface area contributed by atoms with Crippen LogP contribution in [0, 0.1) is 0 Å². The number of nitrogens with two attached hydrogens (primary N) is 1. The molecular formula is C36H33ClN4O3. The van der Waals surface area contributed by atoms with Crippen LogP contribution in [0.5, 0.6) is 0 Å². The zero-order valence-corrected chi connectivity index (χ0v) is 25.2. The number of carbonyl (C=O) groups excluding carboxylic acids is 3. The third-order valence-electron chi connectivity index (χ3n) is 8.53. The Morgan fingerprint density at radius 2 is 1.73 bits per heavy atom. The van der Waals surface area contributed by atoms with Crippen LogP contribution in [0.2, 0.25) is 5.02 Å². The van der Waals surface area contributed by atoms with Gasteiger partial charge in [-0.05, 0) is 71.1 Å². The zero-order valence-electron chi connectivity index (χ0n) is 24.4. The predicted molar refractivity (Wildman–Crippen MR) is 173 cm³/mol. The van der Waals surface area contributed by atoms with Crippen molar-refractivity contribution in [2.75, 3.05) is 6.54 Å². The Morgan fingerprint density at radius 3 is 2.55 bits per heavy atom. The Labute approximate surface area is 261 Å². The molecule has 3 amide bonds. The number of carbonyl (C=O) groups is 3. The minimum Gasteiger partial charge on any atom is -0.368 e. The number of primary amides is 1. The van der Waals surface area contributed by atoms with Gasteiger partial charge in [0.1, 0.15) is 12.1 Å². The fourth-order valence-electron chi connectivity index (χ4n) is 6.33. The molecule has 5 aromatic rings. The Hall–Kier alpha value is -4.75. The second-order valence-corrected chi connectivity index (χ2v) is 11.8. The van der Waals surface area contributed by atoms with E-state index in [1.807, 2.05) is 79.7 Å². The van der Waals surface area contributed by atoms with Gasteiger partial charge in [-0.25, -0.2) is 0 Å². The summed E-state index contributed by atoms with van der Waals surface area (Å²) in [4.78, 5) is 49.4. The lowest BCUT2D eigenvalue weighted by atomic mass is 9.96. The number of hydrogen-bond acceptors (Lipinski definition) is 4. The maximum atomic E-state index is 14.6. The van der Waals surface area contributed by atoms with E-state index in [1.165, 1.54) is 0 Å². The van der Waals surface area contributed by atoms with Crippen LogP contribution < -0.4 is 5.73 Å². The zero-order chi connectivity index (χ0) is 30.8. The van der Waals surface area contributed by atoms with Crippen LogP contribution in [-0.4, -0.2) is 51.1 Å². The van der Waals surface area contributed by atoms with Gasteiger partial charge < -0.3 is 15.5 Å². The molecule has 0 radical (unpaired) electrons. The molecule has 1 saturated heterocycles. The molecule has 3 atom stereocenters. The average molecular weight is 605 g/mol. The Kier molecular flexibility index (Phi) is 8.31. The van der Waals surface area contributed by atoms with Crippen LogP contribution in [-0.2, 0) is 27.2 Å². The summed E-state index contributed by atoms with van der Waals surface area (Å²) in [5.74, 6) is -1.13. The highest BCUT2D eigenvalue weighted by Gasteiger charge is 2.43. The van der Waals surface area contributed by atoms with Crippen LogP contribution in [0.15, 0.2) is 103 Å². The van der Waals surface area contributed by atoms with Gasteiger partial charge in [-0.15, -0.1) is 0 Å². The number of benzene rings is 4. The van der Waals surface area contributed by atoms with Crippen LogP contribution in [0.4, 0.5) is 0 Å². The Bertz CT molecular complexity index is 1870. The molecule has 1 unspecified atom stereocenters. The molecule has 6 rings (SSSR count). The van der Waals surface area contributed by atoms with E-state index in [1.54, 1.807) is 40.3 Å². The molecule has 0 bridgehead atoms. The van der Waals surface area contributed by atoms with Gasteiger partial charge in [0.05, 0.1) is 11.9 Å². The number of halogens is 1. The van der Waals surface area contributed by atoms with Gasteiger partial charge in [0.15, 0.2) is 0 Å². The minimum atomic E-state index is -0.977. The first-order chi connectivity index (χ1) is 21.3. The topological polar surface area (TPSA) is 96.6 Å². The molecule has 44 heavy (non-hydrogen) atoms. The second-order valence-electron chi connectivity index (χ2n) is 11.4. The van der Waals surface area contributed by atoms with Gasteiger partial charge in [-0.2, -0.15) is 0 Å². The van der Waals surface area contributed by atoms with Crippen molar-refractivity contribution in [3.8, 4) is 0 Å². The lowest BCUT2D eigenvalue weighted by Gasteiger charge is -2.36. The molecule has 8 heteroatoms. The van der Waals surface area contributed by atoms with Crippen molar-refractivity contribution in [3.63, 3.8) is 0 Å². The SMILES string of the molecule is C[C@@H]1CCN(C(Cc2cccc3ccccc23)C(N)=O)C(=O)[C@H](c2cccc(Cl)c2)N1C(=O)Cc1ccc2ncccc2c1. The van der Waals surface area contributed by atoms with Gasteiger partial charge in [0.2, 0.25) is 11.8 Å². The third kappa shape index (κ3) is 5.88. The maximum absolute atomic E-state index is 14.6. The maximum Gasteiger partial charge on any atom is 0.250 e. The molecule has 2 N–H and O–H groups in total. The smallest absolute Gasteiger partial charge is 0.250 e. The Morgan fingerprint density at radius 1 is 0.955 bits per heavy atom. The van der Waals surface area contributed by atoms with E-state index in [-0.39, 0.29) is 37.2 Å². The summed E-state index contributed by atoms with van der Waals surface area (Å²) in [6, 6.07) is 28.3. The minimum absolute atomic E-state index is 0.106. The Balaban J connectivity index is 1.37. The molecule has 4 aromatic carbocycles. The van der Waals surface area contributed by atoms with Crippen LogP contribution >= 0.6 is 11.6 Å². The first kappa shape index (κ1) is 29.3. The number of amides is 3. The molecule has 1 aliphatic rings. The monoisotopic (exact) mass is 604 g/mol. The molecule has 1 aromatic heterocycles. The van der Waals surface area contributed by atoms with Crippen molar-refractivity contribution in [2.24, 2.45) is 5.73 Å². The summed E-state index contributed by atoms with van der Waals surface area (Å²) < 4.78 is 0. The number of nitrogens with zero attached hydrogens (tertiary/aromatic N) is 3. The summed E-state index contributed by atoms with van der Waals surface area (Å²) >= 11 is 6.41. The first-order valence-electron chi connectivity index (χ1n) is 14.8. The number of hydrogen-bond donors (Lipinski definition) is 1. The summed E-state index contributed by atoms with van der Waals surface area (Å²) in [6.45, 7) is 2.22. The van der Waals surface area contributed by atoms with E-state index in [0.717, 1.165) is 32.8 Å². The molecule has 0 spiro atoms. The predicted octanol–water partition coefficient (Wildman–Crippen LogP) is 5.87. The van der Waals surface area contributed by atoms with Gasteiger partial charge in [-0.1, -0.05) is 78.3 Å². The molecule has 0 saturated carbocycles. The molecule has 7 nitrogen and oxygen atoms in total. The number of rotatable bonds is 7. The van der Waals surface area contributed by atoms with E-state index in [4.69, 9.17) is 17.3 Å². The van der Waals surface area contributed by atoms with Crippen LogP contribution in [0.3, 0.4) is 0 Å². The molecule has 222 valence electrons. The fourth-order valence-corrected chi connectivity index (χ4v) is 6.53. The van der Waals surface area contributed by atoms with E-state index < -0.39 is 18.0 Å². The van der Waals surface area contributed by atoms with Crippen molar-refractivity contribution in [3.05, 3.63) is 125 Å². The number of fused-ring (bicyclic) bond motifs is 2. The summed E-state index contributed by atoms with van der Waals surface area (Å²) in [5, 5.41) is 3.44. The first-order valence-corrected chi connectivity index (χ1v) is 15.1. The van der Waals surface area contributed by atoms with Crippen LogP contribution in [0.1, 0.15) is 36.1 Å². The van der Waals surface area contributed by atoms with Gasteiger partial charge in [0, 0.05) is 35.6 Å². The quantitative estimate of drug-likeness (QED) is 0.251. The highest BCUT2D eigenvalue weighted by atomic mass is 35.5. The van der Waals surface area contributed by atoms with Gasteiger partial charge >= 0.3 is 0 Å². The van der Waals surface area contributed by atoms with Crippen molar-refractivity contribution in [2.45, 2.75) is 44.3 Å². The molecule has 1 aliphatic heterocycles. The number of pyridine rings is 1. The van der Waals surface area contributed by atoms with Crippen LogP contribution in [0.25, 0.3) is 21.7 Å². The lowest BCUT2D eigenvalue weighted by molar-refractivity contribution is -0.148. The second kappa shape index (κ2) is 12.5. The molecule has 2 heterocycles. The highest BCUT2D eigenvalue weighted by Crippen LogP contribution is 2.34. The third-order valence-corrected chi connectivity index (χ3v) is 8.77. The van der Waals surface area contributed by atoms with Crippen molar-refractivity contribution >= 4 is 51.0 Å². The van der Waals surface area contributed by atoms with E-state index >= 15 is 0 Å². The largest absolute Gasteiger partial charge is 0.368 e. The van der Waals surface area contributed by atoms with Gasteiger partial charge in [0.25, 0.3) is 5.91 Å². The van der Waals surface area contributed by atoms with E-state index in [9.17, 15) is 14.4 Å². The summed E-state index contributed by atoms with van der Waals surface area (Å²) in [5.41, 5.74) is 9.20. The van der Waals surface area contributed by atoms with Gasteiger partial charge in [-0.3, -0.25) is 19.4 Å². The fraction of sp³-hybridized carbons (Fsp3) is 0.222. The molecular weight excluding hydrogens is 572 g/mol. The molecule has 1 fully saturated rings. The normalized spacial score (nSPS) is 17.9. The van der Waals surface area contributed by atoms with E-state index in [2.05, 4.69) is 4.98 Å². The average Bonchev–Trinajstić information content (AvgIpc) is 3.15. The van der Waals surface area contributed by atoms with Crippen molar-refractivity contribution in [1.29, 1.82) is 0 Å². The number of aromatic nitrogens is 1.